The number of fused-ring (bicyclic) bond motifs is 1. The number of aromatic nitrogens is 3. The first-order chi connectivity index (χ1) is 16.2. The van der Waals surface area contributed by atoms with Crippen molar-refractivity contribution in [2.75, 3.05) is 33.0 Å². The van der Waals surface area contributed by atoms with E-state index < -0.39 is 7.04 Å². The third kappa shape index (κ3) is 4.07. The number of methoxy groups -OCH3 is 1. The molecule has 8 heteroatoms. The Morgan fingerprint density at radius 1 is 1.35 bits per heavy atom. The van der Waals surface area contributed by atoms with Crippen molar-refractivity contribution >= 4 is 22.8 Å². The number of carbonyl (C=O) groups excluding carboxylic acids is 1. The van der Waals surface area contributed by atoms with Crippen LogP contribution in [-0.2, 0) is 4.79 Å². The minimum Gasteiger partial charge on any atom is -0.490 e. The molecule has 3 aromatic rings. The number of hydrogen-bond donors (Lipinski definition) is 2. The molecule has 8 nitrogen and oxygen atoms in total. The maximum Gasteiger partial charge on any atom is 0.228 e. The largest absolute Gasteiger partial charge is 0.490 e. The molecule has 2 aliphatic carbocycles. The van der Waals surface area contributed by atoms with Gasteiger partial charge in [-0.1, -0.05) is 0 Å². The lowest BCUT2D eigenvalue weighted by Crippen LogP contribution is -2.20. The van der Waals surface area contributed by atoms with E-state index in [0.717, 1.165) is 31.2 Å². The van der Waals surface area contributed by atoms with Gasteiger partial charge in [0.15, 0.2) is 0 Å². The lowest BCUT2D eigenvalue weighted by Gasteiger charge is -2.13. The number of carbonyl (C=O) groups is 1. The summed E-state index contributed by atoms with van der Waals surface area (Å²) in [5.41, 5.74) is 1.67. The van der Waals surface area contributed by atoms with Gasteiger partial charge in [-0.05, 0) is 57.5 Å². The quantitative estimate of drug-likeness (QED) is 0.576. The van der Waals surface area contributed by atoms with E-state index in [0.29, 0.717) is 34.3 Å². The molecule has 0 unspecified atom stereocenters. The molecule has 0 bridgehead atoms. The van der Waals surface area contributed by atoms with Gasteiger partial charge in [-0.25, -0.2) is 9.97 Å². The van der Waals surface area contributed by atoms with E-state index in [-0.39, 0.29) is 23.8 Å². The summed E-state index contributed by atoms with van der Waals surface area (Å²) in [5.74, 6) is 1.30. The van der Waals surface area contributed by atoms with Crippen molar-refractivity contribution in [3.63, 3.8) is 0 Å². The molecule has 5 rings (SSSR count). The van der Waals surface area contributed by atoms with Crippen LogP contribution in [-0.4, -0.2) is 59.5 Å². The molecule has 2 aliphatic rings. The molecule has 0 spiro atoms. The fourth-order valence-corrected chi connectivity index (χ4v) is 3.95. The van der Waals surface area contributed by atoms with Crippen LogP contribution in [0.1, 0.15) is 23.4 Å². The molecule has 2 N–H and O–H groups in total. The summed E-state index contributed by atoms with van der Waals surface area (Å²) < 4.78 is 33.8. The summed E-state index contributed by atoms with van der Waals surface area (Å²) in [4.78, 5) is 26.5. The van der Waals surface area contributed by atoms with Gasteiger partial charge in [0.25, 0.3) is 0 Å². The normalized spacial score (nSPS) is 22.0. The minimum atomic E-state index is -2.66. The second-order valence-electron chi connectivity index (χ2n) is 8.56. The summed E-state index contributed by atoms with van der Waals surface area (Å²) in [7, 11) is 1.35. The lowest BCUT2D eigenvalue weighted by atomic mass is 10.1. The van der Waals surface area contributed by atoms with E-state index in [9.17, 15) is 4.79 Å². The van der Waals surface area contributed by atoms with E-state index in [1.807, 2.05) is 20.2 Å². The molecule has 31 heavy (non-hydrogen) atoms. The summed E-state index contributed by atoms with van der Waals surface area (Å²) in [5, 5.41) is 3.65. The predicted molar refractivity (Wildman–Crippen MR) is 118 cm³/mol. The van der Waals surface area contributed by atoms with Crippen molar-refractivity contribution in [3.05, 3.63) is 30.6 Å². The van der Waals surface area contributed by atoms with Crippen LogP contribution in [0, 0.1) is 11.8 Å². The van der Waals surface area contributed by atoms with E-state index in [1.165, 1.54) is 6.20 Å². The average Bonchev–Trinajstić information content (AvgIpc) is 3.66. The number of pyridine rings is 2. The minimum absolute atomic E-state index is 0.0104. The highest BCUT2D eigenvalue weighted by atomic mass is 16.5. The Balaban J connectivity index is 1.43. The Kier molecular flexibility index (Phi) is 4.19. The van der Waals surface area contributed by atoms with Gasteiger partial charge in [-0.2, -0.15) is 0 Å². The molecule has 0 aliphatic heterocycles. The van der Waals surface area contributed by atoms with Gasteiger partial charge in [0.05, 0.1) is 22.8 Å². The third-order valence-electron chi connectivity index (χ3n) is 5.71. The fourth-order valence-electron chi connectivity index (χ4n) is 3.95. The first-order valence-electron chi connectivity index (χ1n) is 12.0. The Morgan fingerprint density at radius 2 is 2.23 bits per heavy atom. The van der Waals surface area contributed by atoms with Crippen molar-refractivity contribution in [2.45, 2.75) is 25.4 Å². The average molecular weight is 425 g/mol. The first-order valence-corrected chi connectivity index (χ1v) is 10.5. The summed E-state index contributed by atoms with van der Waals surface area (Å²) >= 11 is 0. The fraction of sp³-hybridized carbons (Fsp3) is 0.435. The number of nitrogens with zero attached hydrogens (tertiary/aromatic N) is 3. The second kappa shape index (κ2) is 7.85. The van der Waals surface area contributed by atoms with Crippen molar-refractivity contribution < 1.29 is 18.4 Å². The topological polar surface area (TPSA) is 92.4 Å². The number of anilines is 1. The molecule has 0 saturated heterocycles. The van der Waals surface area contributed by atoms with Crippen molar-refractivity contribution in [1.82, 2.24) is 19.9 Å². The van der Waals surface area contributed by atoms with Crippen molar-refractivity contribution in [2.24, 2.45) is 11.8 Å². The Bertz CT molecular complexity index is 1220. The van der Waals surface area contributed by atoms with Gasteiger partial charge < -0.3 is 24.7 Å². The van der Waals surface area contributed by atoms with Crippen LogP contribution >= 0.6 is 0 Å². The molecule has 3 aromatic heterocycles. The van der Waals surface area contributed by atoms with Crippen LogP contribution in [0.2, 0.25) is 0 Å². The zero-order valence-corrected chi connectivity index (χ0v) is 17.5. The second-order valence-corrected chi connectivity index (χ2v) is 8.56. The monoisotopic (exact) mass is 424 g/mol. The van der Waals surface area contributed by atoms with E-state index in [2.05, 4.69) is 25.2 Å². The molecule has 0 radical (unpaired) electrons. The highest BCUT2D eigenvalue weighted by Crippen LogP contribution is 2.43. The third-order valence-corrected chi connectivity index (χ3v) is 5.71. The SMILES string of the molecule is [2H]C([2H])([2H])Oc1nccc(OC2CC2)c1-c1c[nH]c2nc(NC(=O)[C@@H]3C[C@H]3CN(C)C)ccc12. The predicted octanol–water partition coefficient (Wildman–Crippen LogP) is 3.31. The summed E-state index contributed by atoms with van der Waals surface area (Å²) in [6.45, 7) is 0.890. The maximum atomic E-state index is 12.6. The van der Waals surface area contributed by atoms with Crippen molar-refractivity contribution in [1.29, 1.82) is 0 Å². The lowest BCUT2D eigenvalue weighted by molar-refractivity contribution is -0.117. The van der Waals surface area contributed by atoms with Crippen LogP contribution in [0.4, 0.5) is 5.82 Å². The molecule has 162 valence electrons. The van der Waals surface area contributed by atoms with Gasteiger partial charge in [0.2, 0.25) is 11.8 Å². The molecule has 2 atom stereocenters. The Labute approximate surface area is 185 Å². The van der Waals surface area contributed by atoms with E-state index in [4.69, 9.17) is 13.6 Å². The molecular weight excluding hydrogens is 394 g/mol. The molecule has 2 fully saturated rings. The highest BCUT2D eigenvalue weighted by Gasteiger charge is 2.43. The van der Waals surface area contributed by atoms with Gasteiger partial charge >= 0.3 is 0 Å². The number of H-pyrrole nitrogens is 1. The zero-order valence-electron chi connectivity index (χ0n) is 20.5. The van der Waals surface area contributed by atoms with Gasteiger partial charge in [-0.3, -0.25) is 4.79 Å². The smallest absolute Gasteiger partial charge is 0.228 e. The first kappa shape index (κ1) is 16.5. The van der Waals surface area contributed by atoms with Gasteiger partial charge in [-0.15, -0.1) is 0 Å². The number of aromatic amines is 1. The summed E-state index contributed by atoms with van der Waals surface area (Å²) in [6, 6.07) is 5.28. The number of ether oxygens (including phenoxy) is 2. The molecule has 1 amide bonds. The van der Waals surface area contributed by atoms with Gasteiger partial charge in [0.1, 0.15) is 17.2 Å². The highest BCUT2D eigenvalue weighted by molar-refractivity contribution is 5.99. The van der Waals surface area contributed by atoms with Crippen LogP contribution in [0.3, 0.4) is 0 Å². The van der Waals surface area contributed by atoms with E-state index >= 15 is 0 Å². The molecule has 0 aromatic carbocycles. The van der Waals surface area contributed by atoms with E-state index in [1.54, 1.807) is 18.3 Å². The maximum absolute atomic E-state index is 12.6. The van der Waals surface area contributed by atoms with Gasteiger partial charge in [0, 0.05) is 35.8 Å². The molecule has 2 saturated carbocycles. The Hall–Kier alpha value is -3.13. The summed E-state index contributed by atoms with van der Waals surface area (Å²) in [6.07, 6.45) is 6.09. The van der Waals surface area contributed by atoms with Crippen LogP contribution in [0.25, 0.3) is 22.2 Å². The zero-order chi connectivity index (χ0) is 24.0. The molecule has 3 heterocycles. The number of nitrogens with one attached hydrogen (secondary N) is 2. The Morgan fingerprint density at radius 3 is 3.00 bits per heavy atom. The van der Waals surface area contributed by atoms with Crippen molar-refractivity contribution in [3.8, 4) is 22.8 Å². The number of rotatable bonds is 8. The number of hydrogen-bond acceptors (Lipinski definition) is 6. The molecular formula is C23H27N5O3. The standard InChI is InChI=1S/C23H27N5O3/c1-28(2)12-13-10-16(13)22(29)27-19-7-6-15-17(11-25-21(15)26-19)20-18(31-14-4-5-14)8-9-24-23(20)30-3/h6-9,11,13-14,16H,4-5,10,12H2,1-3H3,(H2,25,26,27,29)/t13-,16+/m0/s1/i3D3. The van der Waals surface area contributed by atoms with Crippen LogP contribution in [0.15, 0.2) is 30.6 Å². The number of amides is 1. The van der Waals surface area contributed by atoms with Crippen LogP contribution in [0.5, 0.6) is 11.6 Å². The van der Waals surface area contributed by atoms with Crippen LogP contribution < -0.4 is 14.8 Å².